The number of aliphatic carboxylic acids is 1. The Morgan fingerprint density at radius 2 is 1.81 bits per heavy atom. The van der Waals surface area contributed by atoms with E-state index in [4.69, 9.17) is 4.74 Å². The zero-order chi connectivity index (χ0) is 26.2. The van der Waals surface area contributed by atoms with Crippen molar-refractivity contribution >= 4 is 5.97 Å². The monoisotopic (exact) mass is 504 g/mol. The standard InChI is InChI=1S/C32H34F2O3/c1-32(2)16-6-9-27(32)26-17-20(12-15-22(26)23-7-3-4-10-28(23)33)19-37-29-11-5-8-24(31(29)34)25(18-30(35)36)21-13-14-21/h3-5,7-8,10-12,15,17,21,25,27H,6,9,13-14,16,18-19H2,1-2H3,(H,35,36)/t25-,27+/m0/s1. The van der Waals surface area contributed by atoms with Gasteiger partial charge in [0.15, 0.2) is 11.6 Å². The summed E-state index contributed by atoms with van der Waals surface area (Å²) in [7, 11) is 0. The van der Waals surface area contributed by atoms with Crippen LogP contribution in [0.4, 0.5) is 8.78 Å². The molecule has 5 rings (SSSR count). The Morgan fingerprint density at radius 3 is 2.49 bits per heavy atom. The molecule has 0 radical (unpaired) electrons. The predicted molar refractivity (Wildman–Crippen MR) is 141 cm³/mol. The highest BCUT2D eigenvalue weighted by Gasteiger charge is 2.37. The predicted octanol–water partition coefficient (Wildman–Crippen LogP) is 8.47. The molecular formula is C32H34F2O3. The van der Waals surface area contributed by atoms with Crippen LogP contribution in [0.5, 0.6) is 5.75 Å². The SMILES string of the molecule is CC1(C)CCC[C@@H]1c1cc(COc2cccc([C@@H](CC(=O)O)C3CC3)c2F)ccc1-c1ccccc1F. The summed E-state index contributed by atoms with van der Waals surface area (Å²) in [4.78, 5) is 11.4. The third-order valence-electron chi connectivity index (χ3n) is 8.29. The van der Waals surface area contributed by atoms with E-state index in [1.165, 1.54) is 6.07 Å². The molecule has 0 aromatic heterocycles. The fourth-order valence-corrected chi connectivity index (χ4v) is 6.12. The zero-order valence-electron chi connectivity index (χ0n) is 21.5. The molecule has 1 N–H and O–H groups in total. The molecule has 2 atom stereocenters. The summed E-state index contributed by atoms with van der Waals surface area (Å²) < 4.78 is 36.2. The lowest BCUT2D eigenvalue weighted by Crippen LogP contribution is -2.17. The minimum atomic E-state index is -0.917. The first kappa shape index (κ1) is 25.4. The molecule has 3 aromatic carbocycles. The van der Waals surface area contributed by atoms with Gasteiger partial charge in [0.1, 0.15) is 12.4 Å². The van der Waals surface area contributed by atoms with E-state index in [0.717, 1.165) is 48.8 Å². The van der Waals surface area contributed by atoms with Gasteiger partial charge in [-0.2, -0.15) is 0 Å². The number of carbonyl (C=O) groups is 1. The van der Waals surface area contributed by atoms with Gasteiger partial charge in [0.05, 0.1) is 6.42 Å². The Balaban J connectivity index is 1.44. The number of ether oxygens (including phenoxy) is 1. The Hall–Kier alpha value is -3.21. The molecule has 2 aliphatic carbocycles. The van der Waals surface area contributed by atoms with Crippen molar-refractivity contribution in [3.05, 3.63) is 89.0 Å². The van der Waals surface area contributed by atoms with Crippen LogP contribution in [0.2, 0.25) is 0 Å². The van der Waals surface area contributed by atoms with Gasteiger partial charge in [0.2, 0.25) is 0 Å². The molecular weight excluding hydrogens is 470 g/mol. The Labute approximate surface area is 217 Å². The lowest BCUT2D eigenvalue weighted by atomic mass is 9.75. The highest BCUT2D eigenvalue weighted by atomic mass is 19.1. The van der Waals surface area contributed by atoms with Crippen molar-refractivity contribution in [2.24, 2.45) is 11.3 Å². The molecule has 3 aromatic rings. The van der Waals surface area contributed by atoms with Crippen molar-refractivity contribution in [2.45, 2.75) is 70.8 Å². The van der Waals surface area contributed by atoms with Crippen molar-refractivity contribution < 1.29 is 23.4 Å². The average Bonchev–Trinajstić information content (AvgIpc) is 3.64. The van der Waals surface area contributed by atoms with Crippen LogP contribution in [-0.4, -0.2) is 11.1 Å². The minimum Gasteiger partial charge on any atom is -0.486 e. The smallest absolute Gasteiger partial charge is 0.303 e. The quantitative estimate of drug-likeness (QED) is 0.318. The summed E-state index contributed by atoms with van der Waals surface area (Å²) in [5, 5.41) is 9.33. The van der Waals surface area contributed by atoms with Gasteiger partial charge in [-0.05, 0) is 77.3 Å². The van der Waals surface area contributed by atoms with E-state index in [2.05, 4.69) is 19.9 Å². The van der Waals surface area contributed by atoms with Crippen LogP contribution in [0.1, 0.15) is 80.9 Å². The molecule has 0 bridgehead atoms. The third-order valence-corrected chi connectivity index (χ3v) is 8.29. The summed E-state index contributed by atoms with van der Waals surface area (Å²) in [6.45, 7) is 4.71. The Kier molecular flexibility index (Phi) is 7.06. The molecule has 0 aliphatic heterocycles. The maximum atomic E-state index is 15.5. The molecule has 0 spiro atoms. The first-order chi connectivity index (χ1) is 17.7. The van der Waals surface area contributed by atoms with E-state index in [1.54, 1.807) is 24.3 Å². The molecule has 0 heterocycles. The van der Waals surface area contributed by atoms with E-state index in [-0.39, 0.29) is 47.8 Å². The summed E-state index contributed by atoms with van der Waals surface area (Å²) in [6.07, 6.45) is 5.07. The van der Waals surface area contributed by atoms with Crippen LogP contribution in [0.25, 0.3) is 11.1 Å². The van der Waals surface area contributed by atoms with Gasteiger partial charge < -0.3 is 9.84 Å². The molecule has 0 amide bonds. The number of benzene rings is 3. The number of carboxylic acids is 1. The molecule has 2 fully saturated rings. The normalized spacial score (nSPS) is 19.5. The minimum absolute atomic E-state index is 0.0803. The van der Waals surface area contributed by atoms with Crippen LogP contribution in [0.3, 0.4) is 0 Å². The number of halogens is 2. The second-order valence-electron chi connectivity index (χ2n) is 11.3. The van der Waals surface area contributed by atoms with Crippen molar-refractivity contribution in [1.29, 1.82) is 0 Å². The van der Waals surface area contributed by atoms with Gasteiger partial charge in [-0.3, -0.25) is 4.79 Å². The van der Waals surface area contributed by atoms with Crippen LogP contribution in [0.15, 0.2) is 60.7 Å². The van der Waals surface area contributed by atoms with Gasteiger partial charge in [-0.25, -0.2) is 8.78 Å². The lowest BCUT2D eigenvalue weighted by molar-refractivity contribution is -0.137. The fourth-order valence-electron chi connectivity index (χ4n) is 6.12. The first-order valence-electron chi connectivity index (χ1n) is 13.3. The molecule has 2 saturated carbocycles. The van der Waals surface area contributed by atoms with Gasteiger partial charge in [-0.1, -0.05) is 68.8 Å². The summed E-state index contributed by atoms with van der Waals surface area (Å²) in [5.41, 5.74) is 4.02. The number of rotatable bonds is 9. The highest BCUT2D eigenvalue weighted by Crippen LogP contribution is 2.51. The van der Waals surface area contributed by atoms with Crippen molar-refractivity contribution in [1.82, 2.24) is 0 Å². The van der Waals surface area contributed by atoms with E-state index in [0.29, 0.717) is 11.1 Å². The van der Waals surface area contributed by atoms with Crippen LogP contribution in [-0.2, 0) is 11.4 Å². The Morgan fingerprint density at radius 1 is 1.03 bits per heavy atom. The second-order valence-corrected chi connectivity index (χ2v) is 11.3. The van der Waals surface area contributed by atoms with E-state index >= 15 is 4.39 Å². The van der Waals surface area contributed by atoms with Gasteiger partial charge in [0, 0.05) is 11.5 Å². The van der Waals surface area contributed by atoms with E-state index in [1.807, 2.05) is 24.3 Å². The molecule has 3 nitrogen and oxygen atoms in total. The Bertz CT molecular complexity index is 1290. The van der Waals surface area contributed by atoms with Crippen molar-refractivity contribution in [2.75, 3.05) is 0 Å². The second kappa shape index (κ2) is 10.3. The largest absolute Gasteiger partial charge is 0.486 e. The lowest BCUT2D eigenvalue weighted by Gasteiger charge is -2.30. The summed E-state index contributed by atoms with van der Waals surface area (Å²) >= 11 is 0. The number of hydrogen-bond donors (Lipinski definition) is 1. The van der Waals surface area contributed by atoms with Crippen LogP contribution in [0, 0.1) is 23.0 Å². The van der Waals surface area contributed by atoms with Gasteiger partial charge in [-0.15, -0.1) is 0 Å². The molecule has 5 heteroatoms. The van der Waals surface area contributed by atoms with Gasteiger partial charge >= 0.3 is 5.97 Å². The van der Waals surface area contributed by atoms with Crippen LogP contribution < -0.4 is 4.74 Å². The zero-order valence-corrected chi connectivity index (χ0v) is 21.5. The van der Waals surface area contributed by atoms with Crippen LogP contribution >= 0.6 is 0 Å². The molecule has 194 valence electrons. The molecule has 37 heavy (non-hydrogen) atoms. The maximum absolute atomic E-state index is 15.5. The molecule has 0 saturated heterocycles. The fraction of sp³-hybridized carbons (Fsp3) is 0.406. The maximum Gasteiger partial charge on any atom is 0.303 e. The van der Waals surface area contributed by atoms with Crippen molar-refractivity contribution in [3.8, 4) is 16.9 Å². The van der Waals surface area contributed by atoms with E-state index in [9.17, 15) is 14.3 Å². The van der Waals surface area contributed by atoms with E-state index < -0.39 is 11.8 Å². The van der Waals surface area contributed by atoms with Gasteiger partial charge in [0.25, 0.3) is 0 Å². The highest BCUT2D eigenvalue weighted by molar-refractivity contribution is 5.70. The summed E-state index contributed by atoms with van der Waals surface area (Å²) in [6, 6.07) is 17.9. The van der Waals surface area contributed by atoms with Crippen molar-refractivity contribution in [3.63, 3.8) is 0 Å². The topological polar surface area (TPSA) is 46.5 Å². The average molecular weight is 505 g/mol. The number of carboxylic acid groups (broad SMARTS) is 1. The molecule has 2 aliphatic rings. The molecule has 0 unspecified atom stereocenters. The third kappa shape index (κ3) is 5.41. The first-order valence-corrected chi connectivity index (χ1v) is 13.3. The summed E-state index contributed by atoms with van der Waals surface area (Å²) in [5.74, 6) is -1.33. The number of hydrogen-bond acceptors (Lipinski definition) is 2.